The highest BCUT2D eigenvalue weighted by molar-refractivity contribution is 7.89. The predicted molar refractivity (Wildman–Crippen MR) is 72.1 cm³/mol. The lowest BCUT2D eigenvalue weighted by atomic mass is 10.1. The third kappa shape index (κ3) is 3.55. The summed E-state index contributed by atoms with van der Waals surface area (Å²) in [7, 11) is -2.56. The number of benzene rings is 1. The Morgan fingerprint density at radius 3 is 2.35 bits per heavy atom. The third-order valence-corrected chi connectivity index (χ3v) is 4.39. The fourth-order valence-electron chi connectivity index (χ4n) is 1.56. The Hall–Kier alpha value is -1.93. The SMILES string of the molecule is CNC(=O)CNS(=O)(=O)c1cc(C(=O)O)cc(C)c1C. The van der Waals surface area contributed by atoms with Gasteiger partial charge in [0, 0.05) is 7.05 Å². The van der Waals surface area contributed by atoms with Crippen LogP contribution in [0.4, 0.5) is 0 Å². The highest BCUT2D eigenvalue weighted by Crippen LogP contribution is 2.21. The summed E-state index contributed by atoms with van der Waals surface area (Å²) in [4.78, 5) is 21.9. The molecule has 1 aromatic carbocycles. The number of hydrogen-bond acceptors (Lipinski definition) is 4. The molecule has 0 fully saturated rings. The van der Waals surface area contributed by atoms with E-state index in [-0.39, 0.29) is 10.5 Å². The summed E-state index contributed by atoms with van der Waals surface area (Å²) in [6.07, 6.45) is 0. The summed E-state index contributed by atoms with van der Waals surface area (Å²) in [5.74, 6) is -1.70. The molecule has 1 amide bonds. The van der Waals surface area contributed by atoms with E-state index in [2.05, 4.69) is 10.0 Å². The summed E-state index contributed by atoms with van der Waals surface area (Å²) < 4.78 is 26.4. The van der Waals surface area contributed by atoms with Gasteiger partial charge in [-0.2, -0.15) is 0 Å². The second kappa shape index (κ2) is 6.02. The molecule has 3 N–H and O–H groups in total. The molecule has 0 aliphatic heterocycles. The molecule has 1 rings (SSSR count). The van der Waals surface area contributed by atoms with Gasteiger partial charge in [-0.05, 0) is 37.1 Å². The van der Waals surface area contributed by atoms with Crippen molar-refractivity contribution in [3.63, 3.8) is 0 Å². The van der Waals surface area contributed by atoms with Crippen LogP contribution in [-0.2, 0) is 14.8 Å². The minimum absolute atomic E-state index is 0.117. The van der Waals surface area contributed by atoms with E-state index in [1.54, 1.807) is 13.8 Å². The number of aryl methyl sites for hydroxylation is 1. The molecule has 0 aliphatic carbocycles. The first-order chi connectivity index (χ1) is 9.19. The van der Waals surface area contributed by atoms with Crippen LogP contribution in [0.1, 0.15) is 21.5 Å². The molecule has 0 bridgehead atoms. The summed E-state index contributed by atoms with van der Waals surface area (Å²) in [6, 6.07) is 2.48. The van der Waals surface area contributed by atoms with Gasteiger partial charge in [-0.15, -0.1) is 0 Å². The molecule has 0 atom stereocenters. The molecule has 110 valence electrons. The number of likely N-dealkylation sites (N-methyl/N-ethyl adjacent to an activating group) is 1. The first-order valence-corrected chi connectivity index (χ1v) is 7.22. The molecular weight excluding hydrogens is 284 g/mol. The first kappa shape index (κ1) is 16.1. The zero-order valence-corrected chi connectivity index (χ0v) is 12.2. The Labute approximate surface area is 117 Å². The number of rotatable bonds is 5. The van der Waals surface area contributed by atoms with E-state index in [0.29, 0.717) is 11.1 Å². The highest BCUT2D eigenvalue weighted by Gasteiger charge is 2.21. The molecule has 0 saturated heterocycles. The van der Waals surface area contributed by atoms with E-state index < -0.39 is 28.4 Å². The van der Waals surface area contributed by atoms with Crippen molar-refractivity contribution >= 4 is 21.9 Å². The van der Waals surface area contributed by atoms with Crippen LogP contribution in [0, 0.1) is 13.8 Å². The number of nitrogens with one attached hydrogen (secondary N) is 2. The van der Waals surface area contributed by atoms with Crippen LogP contribution in [0.3, 0.4) is 0 Å². The Morgan fingerprint density at radius 2 is 1.85 bits per heavy atom. The first-order valence-electron chi connectivity index (χ1n) is 5.74. The molecule has 8 heteroatoms. The van der Waals surface area contributed by atoms with Gasteiger partial charge in [-0.25, -0.2) is 17.9 Å². The minimum atomic E-state index is -3.95. The van der Waals surface area contributed by atoms with Crippen molar-refractivity contribution in [2.45, 2.75) is 18.7 Å². The molecule has 0 saturated carbocycles. The molecule has 0 radical (unpaired) electrons. The lowest BCUT2D eigenvalue weighted by Crippen LogP contribution is -2.35. The van der Waals surface area contributed by atoms with Crippen molar-refractivity contribution in [1.29, 1.82) is 0 Å². The van der Waals surface area contributed by atoms with Crippen LogP contribution >= 0.6 is 0 Å². The van der Waals surface area contributed by atoms with Crippen LogP contribution in [0.25, 0.3) is 0 Å². The molecule has 0 heterocycles. The number of sulfonamides is 1. The Bertz CT molecular complexity index is 652. The van der Waals surface area contributed by atoms with E-state index >= 15 is 0 Å². The molecule has 0 aromatic heterocycles. The van der Waals surface area contributed by atoms with Crippen LogP contribution < -0.4 is 10.0 Å². The third-order valence-electron chi connectivity index (χ3n) is 2.86. The minimum Gasteiger partial charge on any atom is -0.478 e. The maximum Gasteiger partial charge on any atom is 0.335 e. The van der Waals surface area contributed by atoms with Crippen molar-refractivity contribution in [2.24, 2.45) is 0 Å². The molecule has 20 heavy (non-hydrogen) atoms. The second-order valence-corrected chi connectivity index (χ2v) is 5.95. The van der Waals surface area contributed by atoms with Gasteiger partial charge >= 0.3 is 5.97 Å². The fraction of sp³-hybridized carbons (Fsp3) is 0.333. The van der Waals surface area contributed by atoms with Crippen molar-refractivity contribution in [3.8, 4) is 0 Å². The molecule has 0 aliphatic rings. The van der Waals surface area contributed by atoms with Crippen molar-refractivity contribution in [3.05, 3.63) is 28.8 Å². The van der Waals surface area contributed by atoms with Gasteiger partial charge in [0.1, 0.15) is 0 Å². The van der Waals surface area contributed by atoms with E-state index in [1.807, 2.05) is 0 Å². The number of carbonyl (C=O) groups is 2. The van der Waals surface area contributed by atoms with Gasteiger partial charge in [0.25, 0.3) is 0 Å². The number of carbonyl (C=O) groups excluding carboxylic acids is 1. The van der Waals surface area contributed by atoms with Gasteiger partial charge in [0.15, 0.2) is 0 Å². The number of carboxylic acids is 1. The molecular formula is C12H16N2O5S. The van der Waals surface area contributed by atoms with Crippen LogP contribution in [0.2, 0.25) is 0 Å². The van der Waals surface area contributed by atoms with E-state index in [0.717, 1.165) is 6.07 Å². The lowest BCUT2D eigenvalue weighted by Gasteiger charge is -2.12. The predicted octanol–water partition coefficient (Wildman–Crippen LogP) is 0.0259. The average molecular weight is 300 g/mol. The zero-order valence-electron chi connectivity index (χ0n) is 11.4. The van der Waals surface area contributed by atoms with Crippen LogP contribution in [0.5, 0.6) is 0 Å². The summed E-state index contributed by atoms with van der Waals surface area (Å²) in [5.41, 5.74) is 0.873. The number of hydrogen-bond donors (Lipinski definition) is 3. The van der Waals surface area contributed by atoms with Crippen molar-refractivity contribution in [1.82, 2.24) is 10.0 Å². The Balaban J connectivity index is 3.23. The van der Waals surface area contributed by atoms with Crippen LogP contribution in [0.15, 0.2) is 17.0 Å². The van der Waals surface area contributed by atoms with Gasteiger partial charge in [0.05, 0.1) is 17.0 Å². The van der Waals surface area contributed by atoms with Gasteiger partial charge < -0.3 is 10.4 Å². The maximum atomic E-state index is 12.1. The van der Waals surface area contributed by atoms with Crippen molar-refractivity contribution in [2.75, 3.05) is 13.6 Å². The number of amides is 1. The highest BCUT2D eigenvalue weighted by atomic mass is 32.2. The van der Waals surface area contributed by atoms with Gasteiger partial charge in [-0.1, -0.05) is 0 Å². The van der Waals surface area contributed by atoms with Gasteiger partial charge in [-0.3, -0.25) is 4.79 Å². The normalized spacial score (nSPS) is 11.2. The molecule has 1 aromatic rings. The molecule has 0 unspecified atom stereocenters. The lowest BCUT2D eigenvalue weighted by molar-refractivity contribution is -0.119. The average Bonchev–Trinajstić information content (AvgIpc) is 2.38. The molecule has 0 spiro atoms. The molecule has 7 nitrogen and oxygen atoms in total. The van der Waals surface area contributed by atoms with E-state index in [1.165, 1.54) is 13.1 Å². The Morgan fingerprint density at radius 1 is 1.25 bits per heavy atom. The smallest absolute Gasteiger partial charge is 0.335 e. The largest absolute Gasteiger partial charge is 0.478 e. The number of aromatic carboxylic acids is 1. The fourth-order valence-corrected chi connectivity index (χ4v) is 2.88. The quantitative estimate of drug-likeness (QED) is 0.710. The van der Waals surface area contributed by atoms with Gasteiger partial charge in [0.2, 0.25) is 15.9 Å². The number of carboxylic acid groups (broad SMARTS) is 1. The van der Waals surface area contributed by atoms with Crippen LogP contribution in [-0.4, -0.2) is 39.0 Å². The topological polar surface area (TPSA) is 113 Å². The zero-order chi connectivity index (χ0) is 15.5. The van der Waals surface area contributed by atoms with E-state index in [4.69, 9.17) is 5.11 Å². The monoisotopic (exact) mass is 300 g/mol. The second-order valence-electron chi connectivity index (χ2n) is 4.22. The summed E-state index contributed by atoms with van der Waals surface area (Å²) in [5, 5.41) is 11.3. The standard InChI is InChI=1S/C12H16N2O5S/c1-7-4-9(12(16)17)5-10(8(7)2)20(18,19)14-6-11(15)13-3/h4-5,14H,6H2,1-3H3,(H,13,15)(H,16,17). The Kier molecular flexibility index (Phi) is 4.85. The van der Waals surface area contributed by atoms with E-state index in [9.17, 15) is 18.0 Å². The summed E-state index contributed by atoms with van der Waals surface area (Å²) >= 11 is 0. The van der Waals surface area contributed by atoms with Crippen molar-refractivity contribution < 1.29 is 23.1 Å². The maximum absolute atomic E-state index is 12.1. The summed E-state index contributed by atoms with van der Waals surface area (Å²) in [6.45, 7) is 2.80.